The molecule has 0 bridgehead atoms. The second kappa shape index (κ2) is 7.09. The van der Waals surface area contributed by atoms with Crippen LogP contribution in [0.4, 0.5) is 0 Å². The molecular formula is C15H28ClN5. The van der Waals surface area contributed by atoms with Gasteiger partial charge < -0.3 is 15.1 Å². The van der Waals surface area contributed by atoms with E-state index < -0.39 is 0 Å². The van der Waals surface area contributed by atoms with Gasteiger partial charge in [-0.2, -0.15) is 5.10 Å². The maximum absolute atomic E-state index is 6.36. The molecule has 1 aliphatic heterocycles. The monoisotopic (exact) mass is 313 g/mol. The van der Waals surface area contributed by atoms with Gasteiger partial charge in [0.05, 0.1) is 5.69 Å². The number of nitrogens with one attached hydrogen (secondary N) is 1. The van der Waals surface area contributed by atoms with Crippen LogP contribution in [0.1, 0.15) is 17.7 Å². The molecule has 120 valence electrons. The molecule has 1 aromatic heterocycles. The molecule has 0 amide bonds. The number of rotatable bonds is 5. The number of aromatic nitrogens is 2. The summed E-state index contributed by atoms with van der Waals surface area (Å²) in [5.41, 5.74) is 2.21. The van der Waals surface area contributed by atoms with Crippen LogP contribution < -0.4 is 5.32 Å². The molecule has 1 aliphatic rings. The van der Waals surface area contributed by atoms with E-state index in [2.05, 4.69) is 34.3 Å². The summed E-state index contributed by atoms with van der Waals surface area (Å²) in [4.78, 5) is 4.89. The summed E-state index contributed by atoms with van der Waals surface area (Å²) in [7, 11) is 8.37. The zero-order valence-electron chi connectivity index (χ0n) is 13.9. The minimum atomic E-state index is 0.421. The van der Waals surface area contributed by atoms with Gasteiger partial charge in [-0.25, -0.2) is 0 Å². The van der Waals surface area contributed by atoms with Crippen LogP contribution in [0.15, 0.2) is 0 Å². The lowest BCUT2D eigenvalue weighted by molar-refractivity contribution is 0.102. The fraction of sp³-hybridized carbons (Fsp3) is 0.800. The van der Waals surface area contributed by atoms with E-state index in [0.717, 1.165) is 43.3 Å². The second-order valence-electron chi connectivity index (χ2n) is 6.30. The summed E-state index contributed by atoms with van der Waals surface area (Å²) in [6, 6.07) is 1.02. The molecule has 0 aromatic carbocycles. The van der Waals surface area contributed by atoms with Crippen molar-refractivity contribution in [2.75, 3.05) is 40.8 Å². The first kappa shape index (κ1) is 16.7. The highest BCUT2D eigenvalue weighted by atomic mass is 35.5. The lowest BCUT2D eigenvalue weighted by Gasteiger charge is -2.39. The Morgan fingerprint density at radius 2 is 2.05 bits per heavy atom. The van der Waals surface area contributed by atoms with Crippen molar-refractivity contribution >= 4 is 11.6 Å². The zero-order chi connectivity index (χ0) is 15.6. The number of hydrogen-bond acceptors (Lipinski definition) is 4. The minimum absolute atomic E-state index is 0.421. The Morgan fingerprint density at radius 3 is 2.62 bits per heavy atom. The largest absolute Gasteiger partial charge is 0.317 e. The van der Waals surface area contributed by atoms with Crippen LogP contribution in [0.2, 0.25) is 5.15 Å². The van der Waals surface area contributed by atoms with Crippen molar-refractivity contribution in [1.29, 1.82) is 0 Å². The first-order valence-corrected chi connectivity index (χ1v) is 8.04. The summed E-state index contributed by atoms with van der Waals surface area (Å²) in [6.45, 7) is 5.47. The quantitative estimate of drug-likeness (QED) is 0.885. The van der Waals surface area contributed by atoms with Gasteiger partial charge in [-0.3, -0.25) is 4.68 Å². The molecule has 0 spiro atoms. The number of piperazine rings is 1. The van der Waals surface area contributed by atoms with Crippen molar-refractivity contribution in [2.24, 2.45) is 7.05 Å². The molecule has 1 fully saturated rings. The first-order valence-electron chi connectivity index (χ1n) is 7.66. The standard InChI is InChI=1S/C15H28ClN5/c1-11-14(15(16)21(5)18-11)9-12(17-2)8-13-10-19(3)6-7-20(13)4/h12-13,17H,6-10H2,1-5H3. The number of aryl methyl sites for hydroxylation is 2. The second-order valence-corrected chi connectivity index (χ2v) is 6.66. The van der Waals surface area contributed by atoms with E-state index >= 15 is 0 Å². The summed E-state index contributed by atoms with van der Waals surface area (Å²) >= 11 is 6.36. The van der Waals surface area contributed by atoms with Crippen molar-refractivity contribution in [3.8, 4) is 0 Å². The number of hydrogen-bond donors (Lipinski definition) is 1. The number of halogens is 1. The van der Waals surface area contributed by atoms with Crippen LogP contribution in [0.25, 0.3) is 0 Å². The van der Waals surface area contributed by atoms with E-state index in [1.54, 1.807) is 4.68 Å². The summed E-state index contributed by atoms with van der Waals surface area (Å²) in [5.74, 6) is 0. The van der Waals surface area contributed by atoms with Crippen LogP contribution >= 0.6 is 11.6 Å². The van der Waals surface area contributed by atoms with Gasteiger partial charge in [0.25, 0.3) is 0 Å². The van der Waals surface area contributed by atoms with Gasteiger partial charge >= 0.3 is 0 Å². The van der Waals surface area contributed by atoms with Crippen LogP contribution in [0.5, 0.6) is 0 Å². The Labute approximate surface area is 133 Å². The predicted molar refractivity (Wildman–Crippen MR) is 88.0 cm³/mol. The average Bonchev–Trinajstić information content (AvgIpc) is 2.68. The molecule has 1 aromatic rings. The topological polar surface area (TPSA) is 36.3 Å². The van der Waals surface area contributed by atoms with Crippen molar-refractivity contribution in [3.63, 3.8) is 0 Å². The van der Waals surface area contributed by atoms with Crippen molar-refractivity contribution in [2.45, 2.75) is 31.8 Å². The van der Waals surface area contributed by atoms with Gasteiger partial charge in [0.15, 0.2) is 0 Å². The summed E-state index contributed by atoms with van der Waals surface area (Å²) in [5, 5.41) is 8.63. The molecule has 21 heavy (non-hydrogen) atoms. The van der Waals surface area contributed by atoms with Crippen molar-refractivity contribution in [1.82, 2.24) is 24.9 Å². The van der Waals surface area contributed by atoms with Crippen LogP contribution in [-0.4, -0.2) is 72.4 Å². The van der Waals surface area contributed by atoms with Gasteiger partial charge in [-0.1, -0.05) is 11.6 Å². The highest BCUT2D eigenvalue weighted by Gasteiger charge is 2.26. The van der Waals surface area contributed by atoms with Gasteiger partial charge in [-0.15, -0.1) is 0 Å². The maximum atomic E-state index is 6.36. The minimum Gasteiger partial charge on any atom is -0.317 e. The Morgan fingerprint density at radius 1 is 1.33 bits per heavy atom. The maximum Gasteiger partial charge on any atom is 0.130 e. The Hall–Kier alpha value is -0.620. The van der Waals surface area contributed by atoms with E-state index in [9.17, 15) is 0 Å². The summed E-state index contributed by atoms with van der Waals surface area (Å²) < 4.78 is 1.76. The van der Waals surface area contributed by atoms with Gasteiger partial charge in [0.1, 0.15) is 5.15 Å². The van der Waals surface area contributed by atoms with E-state index in [0.29, 0.717) is 12.1 Å². The molecule has 1 saturated heterocycles. The predicted octanol–water partition coefficient (Wildman–Crippen LogP) is 1.15. The Kier molecular flexibility index (Phi) is 5.66. The average molecular weight is 314 g/mol. The van der Waals surface area contributed by atoms with Crippen molar-refractivity contribution < 1.29 is 0 Å². The van der Waals surface area contributed by atoms with Crippen LogP contribution in [0.3, 0.4) is 0 Å². The number of nitrogens with zero attached hydrogens (tertiary/aromatic N) is 4. The molecule has 2 heterocycles. The molecule has 2 atom stereocenters. The third kappa shape index (κ3) is 3.97. The molecule has 5 nitrogen and oxygen atoms in total. The number of likely N-dealkylation sites (N-methyl/N-ethyl adjacent to an activating group) is 3. The normalized spacial score (nSPS) is 22.7. The van der Waals surface area contributed by atoms with Gasteiger partial charge in [0, 0.05) is 44.3 Å². The molecule has 1 N–H and O–H groups in total. The van der Waals surface area contributed by atoms with E-state index in [1.807, 2.05) is 21.0 Å². The Balaban J connectivity index is 2.02. The fourth-order valence-electron chi connectivity index (χ4n) is 3.14. The molecular weight excluding hydrogens is 286 g/mol. The van der Waals surface area contributed by atoms with E-state index in [4.69, 9.17) is 11.6 Å². The fourth-order valence-corrected chi connectivity index (χ4v) is 3.39. The van der Waals surface area contributed by atoms with Gasteiger partial charge in [0.2, 0.25) is 0 Å². The molecule has 0 aliphatic carbocycles. The molecule has 0 radical (unpaired) electrons. The van der Waals surface area contributed by atoms with Crippen LogP contribution in [0, 0.1) is 6.92 Å². The van der Waals surface area contributed by atoms with E-state index in [1.165, 1.54) is 5.56 Å². The lowest BCUT2D eigenvalue weighted by atomic mass is 9.98. The molecule has 6 heteroatoms. The highest BCUT2D eigenvalue weighted by Crippen LogP contribution is 2.22. The molecule has 0 saturated carbocycles. The SMILES string of the molecule is CNC(Cc1c(C)nn(C)c1Cl)CC1CN(C)CCN1C. The lowest BCUT2D eigenvalue weighted by Crippen LogP contribution is -2.52. The highest BCUT2D eigenvalue weighted by molar-refractivity contribution is 6.30. The third-order valence-corrected chi connectivity index (χ3v) is 5.14. The third-order valence-electron chi connectivity index (χ3n) is 4.67. The first-order chi connectivity index (χ1) is 9.92. The molecule has 2 unspecified atom stereocenters. The van der Waals surface area contributed by atoms with Gasteiger partial charge in [-0.05, 0) is 40.9 Å². The van der Waals surface area contributed by atoms with Crippen LogP contribution in [-0.2, 0) is 13.5 Å². The smallest absolute Gasteiger partial charge is 0.130 e. The summed E-state index contributed by atoms with van der Waals surface area (Å²) in [6.07, 6.45) is 2.06. The van der Waals surface area contributed by atoms with E-state index in [-0.39, 0.29) is 0 Å². The zero-order valence-corrected chi connectivity index (χ0v) is 14.6. The molecule has 2 rings (SSSR count). The van der Waals surface area contributed by atoms with Crippen molar-refractivity contribution in [3.05, 3.63) is 16.4 Å². The Bertz CT molecular complexity index is 473.